The van der Waals surface area contributed by atoms with E-state index in [0.717, 1.165) is 9.13 Å². The minimum Gasteiger partial charge on any atom is -0.496 e. The number of anilines is 1. The van der Waals surface area contributed by atoms with Gasteiger partial charge in [-0.15, -0.1) is 0 Å². The molecule has 0 aliphatic carbocycles. The van der Waals surface area contributed by atoms with Gasteiger partial charge in [-0.05, 0) is 54.8 Å². The second kappa shape index (κ2) is 12.7. The number of nitrogens with one attached hydrogen (secondary N) is 1. The quantitative estimate of drug-likeness (QED) is 0.288. The first-order valence-electron chi connectivity index (χ1n) is 14.2. The molecule has 1 fully saturated rings. The normalized spacial score (nSPS) is 14.8. The van der Waals surface area contributed by atoms with Gasteiger partial charge in [0.1, 0.15) is 17.1 Å². The number of halogens is 2. The number of benzene rings is 3. The molecule has 3 aromatic carbocycles. The molecule has 1 saturated heterocycles. The van der Waals surface area contributed by atoms with E-state index in [-0.39, 0.29) is 12.1 Å². The van der Waals surface area contributed by atoms with Crippen molar-refractivity contribution in [2.45, 2.75) is 19.9 Å². The highest BCUT2D eigenvalue weighted by Crippen LogP contribution is 2.41. The van der Waals surface area contributed by atoms with Crippen LogP contribution in [-0.2, 0) is 25.4 Å². The van der Waals surface area contributed by atoms with E-state index < -0.39 is 34.9 Å². The number of rotatable bonds is 8. The van der Waals surface area contributed by atoms with E-state index in [9.17, 15) is 24.3 Å². The summed E-state index contributed by atoms with van der Waals surface area (Å²) >= 11 is 6.95. The molecule has 10 nitrogen and oxygen atoms in total. The van der Waals surface area contributed by atoms with Crippen LogP contribution in [0.2, 0.25) is 5.02 Å². The third-order valence-corrected chi connectivity index (χ3v) is 8.66. The van der Waals surface area contributed by atoms with E-state index in [4.69, 9.17) is 16.3 Å². The van der Waals surface area contributed by atoms with Gasteiger partial charge in [0.25, 0.3) is 11.5 Å². The molecule has 1 amide bonds. The van der Waals surface area contributed by atoms with Gasteiger partial charge in [0, 0.05) is 55.8 Å². The maximum Gasteiger partial charge on any atom is 0.330 e. The van der Waals surface area contributed by atoms with Gasteiger partial charge < -0.3 is 19.7 Å². The number of aromatic nitrogens is 2. The Hall–Kier alpha value is -4.74. The Labute approximate surface area is 263 Å². The van der Waals surface area contributed by atoms with Crippen molar-refractivity contribution in [3.8, 4) is 28.0 Å². The zero-order chi connectivity index (χ0) is 32.6. The van der Waals surface area contributed by atoms with Crippen LogP contribution < -0.4 is 21.3 Å². The predicted octanol–water partition coefficient (Wildman–Crippen LogP) is 4.69. The number of carboxylic acids is 1. The predicted molar refractivity (Wildman–Crippen MR) is 169 cm³/mol. The Kier molecular flexibility index (Phi) is 8.94. The molecule has 4 aromatic rings. The lowest BCUT2D eigenvalue weighted by Crippen LogP contribution is -2.40. The first kappa shape index (κ1) is 31.7. The number of aryl methyl sites for hydroxylation is 1. The zero-order valence-electron chi connectivity index (χ0n) is 25.2. The summed E-state index contributed by atoms with van der Waals surface area (Å²) in [6, 6.07) is 13.8. The van der Waals surface area contributed by atoms with Crippen molar-refractivity contribution >= 4 is 29.2 Å². The van der Waals surface area contributed by atoms with Crippen molar-refractivity contribution in [3.63, 3.8) is 0 Å². The summed E-state index contributed by atoms with van der Waals surface area (Å²) in [6.07, 6.45) is 1.71. The van der Waals surface area contributed by atoms with Crippen LogP contribution in [0.1, 0.15) is 27.9 Å². The number of ether oxygens (including phenoxy) is 1. The lowest BCUT2D eigenvalue weighted by Gasteiger charge is -2.20. The van der Waals surface area contributed by atoms with E-state index in [1.165, 1.54) is 33.5 Å². The third-order valence-electron chi connectivity index (χ3n) is 8.25. The number of amides is 1. The summed E-state index contributed by atoms with van der Waals surface area (Å²) in [4.78, 5) is 51.0. The maximum absolute atomic E-state index is 15.6. The number of carboxylic acid groups (broad SMARTS) is 1. The lowest BCUT2D eigenvalue weighted by molar-refractivity contribution is -0.141. The van der Waals surface area contributed by atoms with Crippen LogP contribution in [-0.4, -0.2) is 51.2 Å². The van der Waals surface area contributed by atoms with E-state index in [1.54, 1.807) is 37.3 Å². The number of carbonyl (C=O) groups is 2. The van der Waals surface area contributed by atoms with Crippen molar-refractivity contribution < 1.29 is 23.8 Å². The third kappa shape index (κ3) is 6.13. The molecule has 0 unspecified atom stereocenters. The summed E-state index contributed by atoms with van der Waals surface area (Å²) in [7, 11) is 4.22. The molecule has 1 atom stereocenters. The lowest BCUT2D eigenvalue weighted by atomic mass is 9.94. The molecule has 0 spiro atoms. The molecule has 1 aliphatic heterocycles. The molecule has 1 aliphatic rings. The first-order chi connectivity index (χ1) is 21.4. The topological polar surface area (TPSA) is 123 Å². The summed E-state index contributed by atoms with van der Waals surface area (Å²) in [5, 5.41) is 12.4. The van der Waals surface area contributed by atoms with Crippen molar-refractivity contribution in [1.29, 1.82) is 0 Å². The van der Waals surface area contributed by atoms with Gasteiger partial charge in [0.2, 0.25) is 0 Å². The number of aliphatic carboxylic acids is 1. The Morgan fingerprint density at radius 3 is 2.47 bits per heavy atom. The fourth-order valence-corrected chi connectivity index (χ4v) is 6.02. The van der Waals surface area contributed by atoms with Gasteiger partial charge in [0.05, 0.1) is 18.1 Å². The molecule has 2 N–H and O–H groups in total. The fourth-order valence-electron chi connectivity index (χ4n) is 5.68. The van der Waals surface area contributed by atoms with Gasteiger partial charge in [-0.3, -0.25) is 23.9 Å². The Bertz CT molecular complexity index is 1950. The minimum atomic E-state index is -0.854. The standard InChI is InChI=1S/C33H32ClFN4O6/c1-18-21(7-6-10-27(18)36-30(40)25-16-37(2)33(44)38(3)31(25)41)23-9-5-8-22(29(23)34)20-13-26(35)24(28(14-20)45-4)17-39-12-11-19(15-39)32(42)43/h5-10,13-14,16,19H,11-12,15,17H2,1-4H3,(H,36,40)(H,42,43)/t19-/m1/s1. The van der Waals surface area contributed by atoms with Crippen molar-refractivity contribution in [2.75, 3.05) is 25.5 Å². The molecule has 0 radical (unpaired) electrons. The highest BCUT2D eigenvalue weighted by atomic mass is 35.5. The van der Waals surface area contributed by atoms with Crippen molar-refractivity contribution in [2.24, 2.45) is 20.0 Å². The molecule has 2 heterocycles. The fraction of sp³-hybridized carbons (Fsp3) is 0.273. The monoisotopic (exact) mass is 634 g/mol. The Morgan fingerprint density at radius 2 is 1.78 bits per heavy atom. The first-order valence-corrected chi connectivity index (χ1v) is 14.6. The van der Waals surface area contributed by atoms with Crippen molar-refractivity contribution in [1.82, 2.24) is 14.0 Å². The summed E-state index contributed by atoms with van der Waals surface area (Å²) < 4.78 is 23.2. The second-order valence-corrected chi connectivity index (χ2v) is 11.5. The summed E-state index contributed by atoms with van der Waals surface area (Å²) in [5.41, 5.74) is 2.43. The van der Waals surface area contributed by atoms with Crippen LogP contribution in [0, 0.1) is 18.7 Å². The molecule has 0 saturated carbocycles. The average molecular weight is 635 g/mol. The van der Waals surface area contributed by atoms with Crippen LogP contribution in [0.4, 0.5) is 10.1 Å². The van der Waals surface area contributed by atoms with Crippen LogP contribution in [0.3, 0.4) is 0 Å². The molecular weight excluding hydrogens is 603 g/mol. The van der Waals surface area contributed by atoms with Gasteiger partial charge in [-0.25, -0.2) is 9.18 Å². The molecule has 12 heteroatoms. The zero-order valence-corrected chi connectivity index (χ0v) is 25.9. The minimum absolute atomic E-state index is 0.185. The van der Waals surface area contributed by atoms with E-state index in [0.29, 0.717) is 69.4 Å². The van der Waals surface area contributed by atoms with E-state index in [1.807, 2.05) is 17.0 Å². The molecular formula is C33H32ClFN4O6. The molecule has 234 valence electrons. The van der Waals surface area contributed by atoms with Crippen LogP contribution in [0.15, 0.2) is 64.3 Å². The van der Waals surface area contributed by atoms with Gasteiger partial charge in [0.15, 0.2) is 0 Å². The van der Waals surface area contributed by atoms with E-state index in [2.05, 4.69) is 5.32 Å². The smallest absolute Gasteiger partial charge is 0.330 e. The molecule has 45 heavy (non-hydrogen) atoms. The highest BCUT2D eigenvalue weighted by molar-refractivity contribution is 6.36. The largest absolute Gasteiger partial charge is 0.496 e. The number of nitrogens with zero attached hydrogens (tertiary/aromatic N) is 3. The van der Waals surface area contributed by atoms with Crippen molar-refractivity contribution in [3.05, 3.63) is 103 Å². The number of hydrogen-bond acceptors (Lipinski definition) is 6. The van der Waals surface area contributed by atoms with Gasteiger partial charge in [-0.1, -0.05) is 41.9 Å². The van der Waals surface area contributed by atoms with Crippen LogP contribution in [0.25, 0.3) is 22.3 Å². The number of likely N-dealkylation sites (tertiary alicyclic amines) is 1. The van der Waals surface area contributed by atoms with Crippen LogP contribution >= 0.6 is 11.6 Å². The Balaban J connectivity index is 1.46. The molecule has 0 bridgehead atoms. The molecule has 1 aromatic heterocycles. The number of methoxy groups -OCH3 is 1. The average Bonchev–Trinajstić information content (AvgIpc) is 3.49. The summed E-state index contributed by atoms with van der Waals surface area (Å²) in [5.74, 6) is -2.16. The summed E-state index contributed by atoms with van der Waals surface area (Å²) in [6.45, 7) is 2.91. The van der Waals surface area contributed by atoms with Gasteiger partial charge >= 0.3 is 11.7 Å². The second-order valence-electron chi connectivity index (χ2n) is 11.1. The Morgan fingerprint density at radius 1 is 1.09 bits per heavy atom. The molecule has 5 rings (SSSR count). The highest BCUT2D eigenvalue weighted by Gasteiger charge is 2.29. The maximum atomic E-state index is 15.6. The van der Waals surface area contributed by atoms with Gasteiger partial charge in [-0.2, -0.15) is 0 Å². The van der Waals surface area contributed by atoms with Crippen LogP contribution in [0.5, 0.6) is 5.75 Å². The number of carbonyl (C=O) groups excluding carboxylic acids is 1. The SMILES string of the molecule is COc1cc(-c2cccc(-c3cccc(NC(=O)c4cn(C)c(=O)n(C)c4=O)c3C)c2Cl)cc(F)c1CN1CC[C@@H](C(=O)O)C1. The number of hydrogen-bond donors (Lipinski definition) is 2. The van der Waals surface area contributed by atoms with E-state index >= 15 is 4.39 Å².